The minimum Gasteiger partial charge on any atom is -0.207 e. The van der Waals surface area contributed by atoms with Crippen LogP contribution in [-0.4, -0.2) is 5.38 Å². The quantitative estimate of drug-likeness (QED) is 0.653. The van der Waals surface area contributed by atoms with Crippen molar-refractivity contribution in [2.24, 2.45) is 5.92 Å². The molecule has 2 heteroatoms. The molecular formula is C15H20ClF. The van der Waals surface area contributed by atoms with E-state index in [9.17, 15) is 4.39 Å². The molecule has 0 aliphatic heterocycles. The average molecular weight is 255 g/mol. The van der Waals surface area contributed by atoms with E-state index in [0.717, 1.165) is 17.9 Å². The maximum absolute atomic E-state index is 13.4. The zero-order valence-electron chi connectivity index (χ0n) is 10.2. The standard InChI is InChI=1S/C15H20ClF/c16-14(10-9-12-5-1-2-6-12)11-13-7-3-4-8-15(13)17/h3-4,7-8,12,14H,1-2,5-6,9-11H2. The number of alkyl halides is 1. The second-order valence-corrected chi connectivity index (χ2v) is 5.74. The van der Waals surface area contributed by atoms with Crippen LogP contribution in [0, 0.1) is 11.7 Å². The van der Waals surface area contributed by atoms with Crippen LogP contribution in [0.4, 0.5) is 4.39 Å². The lowest BCUT2D eigenvalue weighted by Crippen LogP contribution is -2.07. The molecule has 1 unspecified atom stereocenters. The smallest absolute Gasteiger partial charge is 0.126 e. The first-order chi connectivity index (χ1) is 8.25. The molecule has 1 aliphatic carbocycles. The zero-order valence-corrected chi connectivity index (χ0v) is 10.9. The second kappa shape index (κ2) is 6.39. The predicted molar refractivity (Wildman–Crippen MR) is 70.9 cm³/mol. The van der Waals surface area contributed by atoms with Crippen molar-refractivity contribution in [3.05, 3.63) is 35.6 Å². The molecule has 1 atom stereocenters. The predicted octanol–water partition coefficient (Wildman–Crippen LogP) is 4.95. The van der Waals surface area contributed by atoms with Gasteiger partial charge in [-0.25, -0.2) is 4.39 Å². The normalized spacial score (nSPS) is 18.5. The molecule has 1 fully saturated rings. The van der Waals surface area contributed by atoms with E-state index in [2.05, 4.69) is 0 Å². The first-order valence-corrected chi connectivity index (χ1v) is 7.07. The third-order valence-electron chi connectivity index (χ3n) is 3.76. The highest BCUT2D eigenvalue weighted by Gasteiger charge is 2.17. The molecular weight excluding hydrogens is 235 g/mol. The highest BCUT2D eigenvalue weighted by atomic mass is 35.5. The van der Waals surface area contributed by atoms with E-state index in [0.29, 0.717) is 6.42 Å². The average Bonchev–Trinajstić information content (AvgIpc) is 2.82. The monoisotopic (exact) mass is 254 g/mol. The molecule has 0 bridgehead atoms. The van der Waals surface area contributed by atoms with Crippen LogP contribution < -0.4 is 0 Å². The molecule has 0 aromatic heterocycles. The summed E-state index contributed by atoms with van der Waals surface area (Å²) in [5.74, 6) is 0.746. The van der Waals surface area contributed by atoms with Crippen LogP contribution >= 0.6 is 11.6 Å². The Hall–Kier alpha value is -0.560. The molecule has 0 saturated heterocycles. The van der Waals surface area contributed by atoms with Crippen LogP contribution in [0.1, 0.15) is 44.1 Å². The van der Waals surface area contributed by atoms with Gasteiger partial charge in [-0.1, -0.05) is 43.9 Å². The van der Waals surface area contributed by atoms with Crippen molar-refractivity contribution in [1.29, 1.82) is 0 Å². The maximum Gasteiger partial charge on any atom is 0.126 e. The van der Waals surface area contributed by atoms with E-state index >= 15 is 0 Å². The Bertz CT molecular complexity index is 345. The van der Waals surface area contributed by atoms with Crippen molar-refractivity contribution < 1.29 is 4.39 Å². The van der Waals surface area contributed by atoms with Crippen molar-refractivity contribution >= 4 is 11.6 Å². The number of hydrogen-bond donors (Lipinski definition) is 0. The lowest BCUT2D eigenvalue weighted by Gasteiger charge is -2.13. The van der Waals surface area contributed by atoms with Gasteiger partial charge in [0, 0.05) is 5.38 Å². The SMILES string of the molecule is Fc1ccccc1CC(Cl)CCC1CCCC1. The highest BCUT2D eigenvalue weighted by molar-refractivity contribution is 6.20. The fraction of sp³-hybridized carbons (Fsp3) is 0.600. The van der Waals surface area contributed by atoms with Gasteiger partial charge in [0.05, 0.1) is 0 Å². The maximum atomic E-state index is 13.4. The number of halogens is 2. The van der Waals surface area contributed by atoms with Gasteiger partial charge in [0.15, 0.2) is 0 Å². The Morgan fingerprint density at radius 2 is 1.94 bits per heavy atom. The Labute approximate surface area is 108 Å². The molecule has 1 aromatic rings. The first-order valence-electron chi connectivity index (χ1n) is 6.63. The summed E-state index contributed by atoms with van der Waals surface area (Å²) < 4.78 is 13.4. The van der Waals surface area contributed by atoms with Crippen molar-refractivity contribution in [2.45, 2.75) is 50.3 Å². The van der Waals surface area contributed by atoms with Crippen molar-refractivity contribution in [3.8, 4) is 0 Å². The Balaban J connectivity index is 1.76. The fourth-order valence-corrected chi connectivity index (χ4v) is 3.01. The van der Waals surface area contributed by atoms with E-state index in [-0.39, 0.29) is 11.2 Å². The molecule has 94 valence electrons. The molecule has 0 nitrogen and oxygen atoms in total. The van der Waals surface area contributed by atoms with Crippen LogP contribution in [-0.2, 0) is 6.42 Å². The molecule has 0 heterocycles. The fourth-order valence-electron chi connectivity index (χ4n) is 2.72. The van der Waals surface area contributed by atoms with Crippen molar-refractivity contribution in [3.63, 3.8) is 0 Å². The van der Waals surface area contributed by atoms with E-state index in [1.165, 1.54) is 38.2 Å². The Kier molecular flexibility index (Phi) is 4.85. The summed E-state index contributed by atoms with van der Waals surface area (Å²) in [6, 6.07) is 6.94. The van der Waals surface area contributed by atoms with Gasteiger partial charge in [-0.2, -0.15) is 0 Å². The van der Waals surface area contributed by atoms with E-state index in [1.54, 1.807) is 6.07 Å². The lowest BCUT2D eigenvalue weighted by molar-refractivity contribution is 0.474. The number of hydrogen-bond acceptors (Lipinski definition) is 0. The summed E-state index contributed by atoms with van der Waals surface area (Å²) in [4.78, 5) is 0. The molecule has 1 aliphatic rings. The van der Waals surface area contributed by atoms with Gasteiger partial charge in [-0.15, -0.1) is 11.6 Å². The molecule has 1 saturated carbocycles. The molecule has 0 spiro atoms. The van der Waals surface area contributed by atoms with Crippen LogP contribution in [0.3, 0.4) is 0 Å². The molecule has 17 heavy (non-hydrogen) atoms. The second-order valence-electron chi connectivity index (χ2n) is 5.12. The molecule has 0 radical (unpaired) electrons. The molecule has 1 aromatic carbocycles. The van der Waals surface area contributed by atoms with Gasteiger partial charge < -0.3 is 0 Å². The van der Waals surface area contributed by atoms with Gasteiger partial charge in [0.25, 0.3) is 0 Å². The Morgan fingerprint density at radius 1 is 1.24 bits per heavy atom. The number of rotatable bonds is 5. The summed E-state index contributed by atoms with van der Waals surface area (Å²) in [6.45, 7) is 0. The van der Waals surface area contributed by atoms with Crippen LogP contribution in [0.5, 0.6) is 0 Å². The van der Waals surface area contributed by atoms with E-state index in [4.69, 9.17) is 11.6 Å². The highest BCUT2D eigenvalue weighted by Crippen LogP contribution is 2.30. The van der Waals surface area contributed by atoms with Crippen molar-refractivity contribution in [1.82, 2.24) is 0 Å². The summed E-state index contributed by atoms with van der Waals surface area (Å²) in [7, 11) is 0. The zero-order chi connectivity index (χ0) is 12.1. The largest absolute Gasteiger partial charge is 0.207 e. The molecule has 0 amide bonds. The lowest BCUT2D eigenvalue weighted by atomic mass is 9.98. The van der Waals surface area contributed by atoms with Crippen LogP contribution in [0.2, 0.25) is 0 Å². The van der Waals surface area contributed by atoms with Gasteiger partial charge in [-0.05, 0) is 36.8 Å². The topological polar surface area (TPSA) is 0 Å². The van der Waals surface area contributed by atoms with Gasteiger partial charge in [0.1, 0.15) is 5.82 Å². The Morgan fingerprint density at radius 3 is 2.65 bits per heavy atom. The minimum atomic E-state index is -0.126. The summed E-state index contributed by atoms with van der Waals surface area (Å²) in [5.41, 5.74) is 0.749. The minimum absolute atomic E-state index is 0.0764. The molecule has 0 N–H and O–H groups in total. The summed E-state index contributed by atoms with van der Waals surface area (Å²) in [6.07, 6.45) is 8.37. The van der Waals surface area contributed by atoms with Gasteiger partial charge >= 0.3 is 0 Å². The third-order valence-corrected chi connectivity index (χ3v) is 4.13. The summed E-state index contributed by atoms with van der Waals surface area (Å²) in [5, 5.41) is 0.0764. The number of benzene rings is 1. The van der Waals surface area contributed by atoms with Crippen LogP contribution in [0.15, 0.2) is 24.3 Å². The third kappa shape index (κ3) is 3.99. The van der Waals surface area contributed by atoms with Gasteiger partial charge in [-0.3, -0.25) is 0 Å². The van der Waals surface area contributed by atoms with Gasteiger partial charge in [0.2, 0.25) is 0 Å². The van der Waals surface area contributed by atoms with Crippen LogP contribution in [0.25, 0.3) is 0 Å². The van der Waals surface area contributed by atoms with Crippen molar-refractivity contribution in [2.75, 3.05) is 0 Å². The molecule has 2 rings (SSSR count). The van der Waals surface area contributed by atoms with E-state index < -0.39 is 0 Å². The van der Waals surface area contributed by atoms with E-state index in [1.807, 2.05) is 12.1 Å². The summed E-state index contributed by atoms with van der Waals surface area (Å²) >= 11 is 6.30. The first kappa shape index (κ1) is 12.9.